The molecule has 0 spiro atoms. The van der Waals surface area contributed by atoms with Gasteiger partial charge in [-0.3, -0.25) is 4.79 Å². The van der Waals surface area contributed by atoms with E-state index in [9.17, 15) is 9.59 Å². The maximum atomic E-state index is 13.6. The first kappa shape index (κ1) is 26.2. The summed E-state index contributed by atoms with van der Waals surface area (Å²) in [6.45, 7) is 12.7. The monoisotopic (exact) mass is 551 g/mol. The molecule has 2 aromatic rings. The van der Waals surface area contributed by atoms with Gasteiger partial charge in [0.2, 0.25) is 0 Å². The summed E-state index contributed by atoms with van der Waals surface area (Å²) in [5.41, 5.74) is 6.79. The Morgan fingerprint density at radius 3 is 2.53 bits per heavy atom. The Morgan fingerprint density at radius 2 is 1.83 bits per heavy atom. The van der Waals surface area contributed by atoms with Gasteiger partial charge in [-0.1, -0.05) is 38.1 Å². The number of aryl methyl sites for hydroxylation is 2. The Labute approximate surface area is 222 Å². The molecule has 190 valence electrons. The predicted molar refractivity (Wildman–Crippen MR) is 145 cm³/mol. The molecule has 1 atom stereocenters. The van der Waals surface area contributed by atoms with Crippen LogP contribution >= 0.6 is 15.9 Å². The minimum atomic E-state index is -0.480. The minimum Gasteiger partial charge on any atom is -0.488 e. The van der Waals surface area contributed by atoms with E-state index in [1.54, 1.807) is 6.92 Å². The van der Waals surface area contributed by atoms with Gasteiger partial charge in [-0.25, -0.2) is 4.79 Å². The topological polar surface area (TPSA) is 64.6 Å². The van der Waals surface area contributed by atoms with Crippen LogP contribution < -0.4 is 10.1 Å². The smallest absolute Gasteiger partial charge is 0.336 e. The molecule has 1 aliphatic heterocycles. The molecule has 0 fully saturated rings. The highest BCUT2D eigenvalue weighted by Crippen LogP contribution is 2.47. The molecule has 2 aromatic carbocycles. The predicted octanol–water partition coefficient (Wildman–Crippen LogP) is 6.81. The summed E-state index contributed by atoms with van der Waals surface area (Å²) in [6, 6.07) is 12.0. The van der Waals surface area contributed by atoms with Crippen LogP contribution in [0.2, 0.25) is 0 Å². The van der Waals surface area contributed by atoms with Crippen molar-refractivity contribution in [3.05, 3.63) is 85.7 Å². The van der Waals surface area contributed by atoms with E-state index in [0.29, 0.717) is 24.2 Å². The van der Waals surface area contributed by atoms with Crippen molar-refractivity contribution < 1.29 is 19.1 Å². The third-order valence-corrected chi connectivity index (χ3v) is 7.65. The van der Waals surface area contributed by atoms with E-state index < -0.39 is 5.92 Å². The van der Waals surface area contributed by atoms with Crippen LogP contribution in [-0.2, 0) is 20.9 Å². The zero-order valence-corrected chi connectivity index (χ0v) is 23.5. The van der Waals surface area contributed by atoms with Gasteiger partial charge < -0.3 is 14.8 Å². The van der Waals surface area contributed by atoms with Crippen LogP contribution in [0, 0.1) is 19.3 Å². The number of nitrogens with one attached hydrogen (secondary N) is 1. The molecular weight excluding hydrogens is 518 g/mol. The first-order valence-corrected chi connectivity index (χ1v) is 13.2. The molecule has 0 saturated carbocycles. The van der Waals surface area contributed by atoms with Crippen LogP contribution in [0.15, 0.2) is 63.4 Å². The van der Waals surface area contributed by atoms with Crippen molar-refractivity contribution in [2.45, 2.75) is 66.9 Å². The van der Waals surface area contributed by atoms with E-state index in [4.69, 9.17) is 9.47 Å². The number of dihydropyridines is 1. The maximum Gasteiger partial charge on any atom is 0.336 e. The minimum absolute atomic E-state index is 0.0824. The Balaban J connectivity index is 1.83. The van der Waals surface area contributed by atoms with Gasteiger partial charge in [0, 0.05) is 29.3 Å². The molecule has 36 heavy (non-hydrogen) atoms. The fraction of sp³-hybridized carbons (Fsp3) is 0.400. The lowest BCUT2D eigenvalue weighted by molar-refractivity contribution is -0.138. The lowest BCUT2D eigenvalue weighted by Crippen LogP contribution is -2.39. The zero-order valence-electron chi connectivity index (χ0n) is 21.9. The van der Waals surface area contributed by atoms with Gasteiger partial charge in [0.1, 0.15) is 12.4 Å². The molecule has 0 radical (unpaired) electrons. The molecule has 0 saturated heterocycles. The van der Waals surface area contributed by atoms with E-state index >= 15 is 0 Å². The number of allylic oxidation sites excluding steroid dienone is 3. The summed E-state index contributed by atoms with van der Waals surface area (Å²) < 4.78 is 12.5. The second kappa shape index (κ2) is 10.3. The quantitative estimate of drug-likeness (QED) is 0.399. The maximum absolute atomic E-state index is 13.6. The van der Waals surface area contributed by atoms with Crippen LogP contribution in [-0.4, -0.2) is 18.4 Å². The summed E-state index contributed by atoms with van der Waals surface area (Å²) in [5, 5.41) is 3.40. The highest BCUT2D eigenvalue weighted by molar-refractivity contribution is 9.10. The number of benzene rings is 2. The molecule has 5 nitrogen and oxygen atoms in total. The van der Waals surface area contributed by atoms with E-state index in [0.717, 1.165) is 50.3 Å². The molecule has 0 aromatic heterocycles. The molecule has 4 rings (SSSR count). The van der Waals surface area contributed by atoms with Gasteiger partial charge in [-0.15, -0.1) is 0 Å². The number of rotatable bonds is 6. The van der Waals surface area contributed by atoms with E-state index in [1.165, 1.54) is 0 Å². The highest BCUT2D eigenvalue weighted by Gasteiger charge is 2.43. The summed E-state index contributed by atoms with van der Waals surface area (Å²) in [4.78, 5) is 26.8. The van der Waals surface area contributed by atoms with E-state index in [1.807, 2.05) is 38.1 Å². The SMILES string of the molecule is CCOC(=O)C1=C(C)NC2=C(C(=O)CC(C)(C)C2)[C@H]1c1cc(COc2ccccc2Br)c(C)cc1C. The number of para-hydroxylation sites is 1. The fourth-order valence-corrected chi connectivity index (χ4v) is 5.73. The second-order valence-corrected chi connectivity index (χ2v) is 11.4. The lowest BCUT2D eigenvalue weighted by Gasteiger charge is -2.40. The average Bonchev–Trinajstić information content (AvgIpc) is 2.78. The Kier molecular flexibility index (Phi) is 7.46. The Bertz CT molecular complexity index is 1290. The second-order valence-electron chi connectivity index (χ2n) is 10.5. The van der Waals surface area contributed by atoms with E-state index in [-0.39, 0.29) is 23.8 Å². The van der Waals surface area contributed by atoms with Gasteiger partial charge in [-0.05, 0) is 89.8 Å². The number of hydrogen-bond acceptors (Lipinski definition) is 5. The summed E-state index contributed by atoms with van der Waals surface area (Å²) >= 11 is 3.54. The lowest BCUT2D eigenvalue weighted by atomic mass is 9.68. The molecule has 6 heteroatoms. The number of ether oxygens (including phenoxy) is 2. The molecule has 0 bridgehead atoms. The van der Waals surface area contributed by atoms with Crippen LogP contribution in [0.5, 0.6) is 5.75 Å². The third kappa shape index (κ3) is 5.15. The highest BCUT2D eigenvalue weighted by atomic mass is 79.9. The van der Waals surface area contributed by atoms with Crippen molar-refractivity contribution in [3.63, 3.8) is 0 Å². The fourth-order valence-electron chi connectivity index (χ4n) is 5.33. The Morgan fingerprint density at radius 1 is 1.11 bits per heavy atom. The number of ketones is 1. The van der Waals surface area contributed by atoms with Crippen molar-refractivity contribution in [1.29, 1.82) is 0 Å². The third-order valence-electron chi connectivity index (χ3n) is 6.99. The average molecular weight is 553 g/mol. The first-order chi connectivity index (χ1) is 17.0. The van der Waals surface area contributed by atoms with Crippen LogP contribution in [0.1, 0.15) is 68.7 Å². The molecular formula is C30H34BrNO4. The molecule has 0 amide bonds. The Hall–Kier alpha value is -2.86. The first-order valence-electron chi connectivity index (χ1n) is 12.4. The number of hydrogen-bond donors (Lipinski definition) is 1. The van der Waals surface area contributed by atoms with Crippen LogP contribution in [0.4, 0.5) is 0 Å². The van der Waals surface area contributed by atoms with Crippen LogP contribution in [0.25, 0.3) is 0 Å². The normalized spacial score (nSPS) is 19.1. The van der Waals surface area contributed by atoms with Crippen molar-refractivity contribution in [1.82, 2.24) is 5.32 Å². The number of carbonyl (C=O) groups excluding carboxylic acids is 2. The molecule has 1 heterocycles. The van der Waals surface area contributed by atoms with Gasteiger partial charge in [0.05, 0.1) is 16.7 Å². The molecule has 1 aliphatic carbocycles. The zero-order chi connectivity index (χ0) is 26.2. The standard InChI is InChI=1S/C30H34BrNO4/c1-7-35-29(34)26-19(4)32-23-14-30(5,6)15-24(33)28(23)27(26)21-13-20(17(2)12-18(21)3)16-36-25-11-9-8-10-22(25)31/h8-13,27,32H,7,14-16H2,1-6H3/t27-/m0/s1. The number of esters is 1. The van der Waals surface area contributed by atoms with Gasteiger partial charge >= 0.3 is 5.97 Å². The van der Waals surface area contributed by atoms with Crippen molar-refractivity contribution in [2.24, 2.45) is 5.41 Å². The van der Waals surface area contributed by atoms with Gasteiger partial charge in [0.25, 0.3) is 0 Å². The van der Waals surface area contributed by atoms with Gasteiger partial charge in [-0.2, -0.15) is 0 Å². The molecule has 1 N–H and O–H groups in total. The van der Waals surface area contributed by atoms with Crippen molar-refractivity contribution in [2.75, 3.05) is 6.61 Å². The molecule has 0 unspecified atom stereocenters. The number of carbonyl (C=O) groups is 2. The summed E-state index contributed by atoms with van der Waals surface area (Å²) in [6.07, 6.45) is 1.20. The van der Waals surface area contributed by atoms with E-state index in [2.05, 4.69) is 54.2 Å². The summed E-state index contributed by atoms with van der Waals surface area (Å²) in [7, 11) is 0. The van der Waals surface area contributed by atoms with Gasteiger partial charge in [0.15, 0.2) is 5.78 Å². The largest absolute Gasteiger partial charge is 0.488 e. The summed E-state index contributed by atoms with van der Waals surface area (Å²) in [5.74, 6) is -0.0213. The number of Topliss-reactive ketones (excluding diaryl/α,β-unsaturated/α-hetero) is 1. The van der Waals surface area contributed by atoms with Crippen molar-refractivity contribution in [3.8, 4) is 5.75 Å². The van der Waals surface area contributed by atoms with Crippen molar-refractivity contribution >= 4 is 27.7 Å². The molecule has 2 aliphatic rings. The number of halogens is 1. The van der Waals surface area contributed by atoms with Crippen LogP contribution in [0.3, 0.4) is 0 Å².